The van der Waals surface area contributed by atoms with Gasteiger partial charge in [0.1, 0.15) is 0 Å². The van der Waals surface area contributed by atoms with Gasteiger partial charge in [-0.2, -0.15) is 0 Å². The van der Waals surface area contributed by atoms with E-state index in [9.17, 15) is 4.57 Å². The van der Waals surface area contributed by atoms with Gasteiger partial charge in [0.05, 0.1) is 6.61 Å². The van der Waals surface area contributed by atoms with E-state index in [2.05, 4.69) is 11.4 Å². The van der Waals surface area contributed by atoms with Crippen molar-refractivity contribution in [3.8, 4) is 0 Å². The van der Waals surface area contributed by atoms with Gasteiger partial charge in [0.15, 0.2) is 0 Å². The fraction of sp³-hybridized carbons (Fsp3) is 1.00. The monoisotopic (exact) mass is 176 g/mol. The van der Waals surface area contributed by atoms with Crippen molar-refractivity contribution in [3.63, 3.8) is 0 Å². The topological polar surface area (TPSA) is 46.5 Å². The number of rotatable bonds is 5. The molecule has 1 atom stereocenters. The van der Waals surface area contributed by atoms with E-state index in [1.54, 1.807) is 0 Å². The van der Waals surface area contributed by atoms with Crippen LogP contribution in [0.1, 0.15) is 26.2 Å². The number of hydrogen-bond acceptors (Lipinski definition) is 2. The van der Waals surface area contributed by atoms with Crippen LogP contribution in [-0.2, 0) is 9.09 Å². The molecule has 10 heavy (non-hydrogen) atoms. The Hall–Kier alpha value is 1.15. The van der Waals surface area contributed by atoms with Crippen LogP contribution in [0.25, 0.3) is 0 Å². The first-order chi connectivity index (χ1) is 4.27. The summed E-state index contributed by atoms with van der Waals surface area (Å²) in [6.45, 7) is 2.49. The molecule has 0 saturated carbocycles. The first-order valence-electron chi connectivity index (χ1n) is 3.13. The molecule has 0 aromatic heterocycles. The summed E-state index contributed by atoms with van der Waals surface area (Å²) in [5.41, 5.74) is 0. The quantitative estimate of drug-likeness (QED) is 0.385. The molecule has 1 N–H and O–H groups in total. The summed E-state index contributed by atoms with van der Waals surface area (Å²) in [7, 11) is -2.67. The minimum absolute atomic E-state index is 0. The second kappa shape index (κ2) is 10.2. The van der Waals surface area contributed by atoms with E-state index in [1.807, 2.05) is 0 Å². The Kier molecular flexibility index (Phi) is 13.9. The normalized spacial score (nSPS) is 12.2. The molecule has 0 rings (SSSR count). The molecule has 0 aromatic rings. The van der Waals surface area contributed by atoms with Crippen molar-refractivity contribution in [3.05, 3.63) is 0 Å². The van der Waals surface area contributed by atoms with Gasteiger partial charge >= 0.3 is 37.8 Å². The second-order valence-electron chi connectivity index (χ2n) is 1.82. The van der Waals surface area contributed by atoms with Gasteiger partial charge in [-0.25, -0.2) is 0 Å². The Balaban J connectivity index is 0. The Morgan fingerprint density at radius 3 is 2.50 bits per heavy atom. The van der Waals surface area contributed by atoms with E-state index in [0.29, 0.717) is 6.61 Å². The van der Waals surface area contributed by atoms with Crippen molar-refractivity contribution in [1.29, 1.82) is 0 Å². The van der Waals surface area contributed by atoms with E-state index in [4.69, 9.17) is 4.89 Å². The number of unbranched alkanes of at least 4 members (excludes halogenated alkanes) is 2. The van der Waals surface area contributed by atoms with Gasteiger partial charge in [0.25, 0.3) is 0 Å². The van der Waals surface area contributed by atoms with Crippen molar-refractivity contribution < 1.29 is 14.0 Å². The SMILES string of the molecule is CCCCCO[PH](=O)O.[NaH]. The van der Waals surface area contributed by atoms with Crippen LogP contribution in [0.15, 0.2) is 0 Å². The third-order valence-corrected chi connectivity index (χ3v) is 1.42. The van der Waals surface area contributed by atoms with Crippen molar-refractivity contribution >= 4 is 37.8 Å². The molecule has 0 aliphatic heterocycles. The molecule has 3 nitrogen and oxygen atoms in total. The summed E-state index contributed by atoms with van der Waals surface area (Å²) in [5.74, 6) is 0. The zero-order valence-electron chi connectivity index (χ0n) is 5.59. The summed E-state index contributed by atoms with van der Waals surface area (Å²) in [5, 5.41) is 0. The number of hydrogen-bond donors (Lipinski definition) is 1. The third-order valence-electron chi connectivity index (χ3n) is 0.973. The average Bonchev–Trinajstić information content (AvgIpc) is 1.80. The van der Waals surface area contributed by atoms with Crippen LogP contribution in [0.3, 0.4) is 0 Å². The minimum atomic E-state index is -2.67. The zero-order chi connectivity index (χ0) is 7.11. The van der Waals surface area contributed by atoms with Gasteiger partial charge in [-0.3, -0.25) is 4.57 Å². The van der Waals surface area contributed by atoms with Gasteiger partial charge < -0.3 is 9.42 Å². The standard InChI is InChI=1S/C5H13O3P.Na.H/c1-2-3-4-5-8-9(6)7;;/h9H,2-5H2,1H3,(H,6,7);;. The first kappa shape index (κ1) is 13.7. The molecule has 0 heterocycles. The van der Waals surface area contributed by atoms with Crippen molar-refractivity contribution in [1.82, 2.24) is 0 Å². The Bertz CT molecular complexity index is 89.0. The molecule has 0 aliphatic rings. The molecule has 58 valence electrons. The van der Waals surface area contributed by atoms with Gasteiger partial charge in [-0.05, 0) is 6.42 Å². The summed E-state index contributed by atoms with van der Waals surface area (Å²) in [6.07, 6.45) is 3.05. The second-order valence-corrected chi connectivity index (χ2v) is 2.64. The van der Waals surface area contributed by atoms with Gasteiger partial charge in [-0.1, -0.05) is 19.8 Å². The molecular formula is C5H14NaO3P. The van der Waals surface area contributed by atoms with Crippen LogP contribution in [0, 0.1) is 0 Å². The van der Waals surface area contributed by atoms with Crippen molar-refractivity contribution in [2.45, 2.75) is 26.2 Å². The Morgan fingerprint density at radius 1 is 1.50 bits per heavy atom. The maximum atomic E-state index is 9.93. The van der Waals surface area contributed by atoms with E-state index in [1.165, 1.54) is 0 Å². The van der Waals surface area contributed by atoms with Crippen LogP contribution in [0.5, 0.6) is 0 Å². The van der Waals surface area contributed by atoms with Crippen LogP contribution >= 0.6 is 8.25 Å². The summed E-state index contributed by atoms with van der Waals surface area (Å²) in [4.78, 5) is 8.18. The molecule has 0 aliphatic carbocycles. The molecule has 0 saturated heterocycles. The molecular weight excluding hydrogens is 162 g/mol. The molecule has 0 fully saturated rings. The van der Waals surface area contributed by atoms with Gasteiger partial charge in [0.2, 0.25) is 0 Å². The molecule has 0 bridgehead atoms. The fourth-order valence-corrected chi connectivity index (χ4v) is 0.830. The van der Waals surface area contributed by atoms with Crippen LogP contribution in [0.4, 0.5) is 0 Å². The molecule has 0 spiro atoms. The van der Waals surface area contributed by atoms with Gasteiger partial charge in [-0.15, -0.1) is 0 Å². The first-order valence-corrected chi connectivity index (χ1v) is 4.39. The molecule has 5 heteroatoms. The van der Waals surface area contributed by atoms with E-state index >= 15 is 0 Å². The molecule has 0 amide bonds. The van der Waals surface area contributed by atoms with E-state index in [0.717, 1.165) is 19.3 Å². The predicted octanol–water partition coefficient (Wildman–Crippen LogP) is 0.927. The maximum absolute atomic E-state index is 9.93. The molecule has 0 aromatic carbocycles. The summed E-state index contributed by atoms with van der Waals surface area (Å²) in [6, 6.07) is 0. The van der Waals surface area contributed by atoms with E-state index in [-0.39, 0.29) is 29.6 Å². The third kappa shape index (κ3) is 11.9. The summed E-state index contributed by atoms with van der Waals surface area (Å²) >= 11 is 0. The average molecular weight is 176 g/mol. The predicted molar refractivity (Wildman–Crippen MR) is 43.8 cm³/mol. The Morgan fingerprint density at radius 2 is 2.10 bits per heavy atom. The van der Waals surface area contributed by atoms with Crippen molar-refractivity contribution in [2.24, 2.45) is 0 Å². The zero-order valence-corrected chi connectivity index (χ0v) is 6.59. The fourth-order valence-electron chi connectivity index (χ4n) is 0.512. The van der Waals surface area contributed by atoms with E-state index < -0.39 is 8.25 Å². The van der Waals surface area contributed by atoms with Gasteiger partial charge in [0, 0.05) is 0 Å². The van der Waals surface area contributed by atoms with Crippen LogP contribution in [0.2, 0.25) is 0 Å². The molecule has 0 radical (unpaired) electrons. The molecule has 1 unspecified atom stereocenters. The van der Waals surface area contributed by atoms with Crippen LogP contribution < -0.4 is 0 Å². The van der Waals surface area contributed by atoms with Crippen LogP contribution in [-0.4, -0.2) is 41.1 Å². The van der Waals surface area contributed by atoms with Crippen molar-refractivity contribution in [2.75, 3.05) is 6.61 Å². The summed E-state index contributed by atoms with van der Waals surface area (Å²) < 4.78 is 14.4. The Labute approximate surface area is 84.4 Å².